The second kappa shape index (κ2) is 8.32. The number of rotatable bonds is 7. The number of benzene rings is 2. The number of hydrogen-bond donors (Lipinski definition) is 1. The molecule has 0 radical (unpaired) electrons. The Bertz CT molecular complexity index is 647. The van der Waals surface area contributed by atoms with Crippen molar-refractivity contribution in [1.29, 1.82) is 0 Å². The number of nitrogens with one attached hydrogen (secondary N) is 1. The largest absolute Gasteiger partial charge is 0.491 e. The molecule has 3 nitrogen and oxygen atoms in total. The van der Waals surface area contributed by atoms with E-state index < -0.39 is 0 Å². The van der Waals surface area contributed by atoms with Crippen LogP contribution in [-0.4, -0.2) is 18.8 Å². The third kappa shape index (κ3) is 5.85. The van der Waals surface area contributed by atoms with Crippen LogP contribution in [0.25, 0.3) is 0 Å². The molecule has 0 aromatic heterocycles. The molecule has 1 N–H and O–H groups in total. The SMILES string of the molecule is CC(C)Oc1cccc(NCC(C)Oc2ccc(Cl)cc2Cl)c1. The monoisotopic (exact) mass is 353 g/mol. The minimum Gasteiger partial charge on any atom is -0.491 e. The topological polar surface area (TPSA) is 30.5 Å². The standard InChI is InChI=1S/C18H21Cl2NO2/c1-12(2)22-16-6-4-5-15(10-16)21-11-13(3)23-18-8-7-14(19)9-17(18)20/h4-10,12-13,21H,11H2,1-3H3. The zero-order valence-corrected chi connectivity index (χ0v) is 15.0. The Kier molecular flexibility index (Phi) is 6.43. The van der Waals surface area contributed by atoms with Crippen molar-refractivity contribution in [2.24, 2.45) is 0 Å². The van der Waals surface area contributed by atoms with E-state index in [0.717, 1.165) is 11.4 Å². The molecule has 2 aromatic carbocycles. The second-order valence-corrected chi connectivity index (χ2v) is 6.42. The van der Waals surface area contributed by atoms with Crippen LogP contribution in [-0.2, 0) is 0 Å². The van der Waals surface area contributed by atoms with Gasteiger partial charge in [-0.2, -0.15) is 0 Å². The minimum absolute atomic E-state index is 0.0525. The van der Waals surface area contributed by atoms with E-state index in [2.05, 4.69) is 5.32 Å². The third-order valence-electron chi connectivity index (χ3n) is 3.02. The highest BCUT2D eigenvalue weighted by Crippen LogP contribution is 2.28. The Hall–Kier alpha value is -1.58. The summed E-state index contributed by atoms with van der Waals surface area (Å²) in [6.07, 6.45) is 0.0999. The fraction of sp³-hybridized carbons (Fsp3) is 0.333. The molecule has 0 spiro atoms. The van der Waals surface area contributed by atoms with E-state index in [4.69, 9.17) is 32.7 Å². The maximum absolute atomic E-state index is 6.11. The predicted octanol–water partition coefficient (Wildman–Crippen LogP) is 5.66. The lowest BCUT2D eigenvalue weighted by molar-refractivity contribution is 0.234. The summed E-state index contributed by atoms with van der Waals surface area (Å²) in [4.78, 5) is 0. The van der Waals surface area contributed by atoms with Gasteiger partial charge in [-0.1, -0.05) is 29.3 Å². The van der Waals surface area contributed by atoms with Gasteiger partial charge in [0.2, 0.25) is 0 Å². The molecular formula is C18H21Cl2NO2. The average molecular weight is 354 g/mol. The Morgan fingerprint density at radius 2 is 1.78 bits per heavy atom. The maximum Gasteiger partial charge on any atom is 0.138 e. The van der Waals surface area contributed by atoms with Crippen molar-refractivity contribution in [3.8, 4) is 11.5 Å². The van der Waals surface area contributed by atoms with Gasteiger partial charge in [-0.05, 0) is 51.1 Å². The van der Waals surface area contributed by atoms with Crippen molar-refractivity contribution in [2.75, 3.05) is 11.9 Å². The Balaban J connectivity index is 1.90. The summed E-state index contributed by atoms with van der Waals surface area (Å²) >= 11 is 12.0. The zero-order valence-electron chi connectivity index (χ0n) is 13.5. The van der Waals surface area contributed by atoms with Crippen LogP contribution in [0, 0.1) is 0 Å². The van der Waals surface area contributed by atoms with Crippen molar-refractivity contribution in [3.63, 3.8) is 0 Å². The summed E-state index contributed by atoms with van der Waals surface area (Å²) in [5.74, 6) is 1.47. The summed E-state index contributed by atoms with van der Waals surface area (Å²) < 4.78 is 11.5. The summed E-state index contributed by atoms with van der Waals surface area (Å²) in [6, 6.07) is 13.1. The Morgan fingerprint density at radius 3 is 2.48 bits per heavy atom. The Morgan fingerprint density at radius 1 is 1.00 bits per heavy atom. The van der Waals surface area contributed by atoms with Gasteiger partial charge in [-0.3, -0.25) is 0 Å². The smallest absolute Gasteiger partial charge is 0.138 e. The normalized spacial score (nSPS) is 12.1. The fourth-order valence-electron chi connectivity index (χ4n) is 2.04. The molecule has 0 aliphatic heterocycles. The summed E-state index contributed by atoms with van der Waals surface area (Å²) in [5, 5.41) is 4.44. The lowest BCUT2D eigenvalue weighted by Gasteiger charge is -2.18. The molecule has 0 amide bonds. The van der Waals surface area contributed by atoms with Gasteiger partial charge in [0, 0.05) is 16.8 Å². The van der Waals surface area contributed by atoms with Gasteiger partial charge in [-0.15, -0.1) is 0 Å². The second-order valence-electron chi connectivity index (χ2n) is 5.58. The van der Waals surface area contributed by atoms with Gasteiger partial charge in [0.15, 0.2) is 0 Å². The van der Waals surface area contributed by atoms with Crippen molar-refractivity contribution in [2.45, 2.75) is 33.0 Å². The van der Waals surface area contributed by atoms with Gasteiger partial charge < -0.3 is 14.8 Å². The number of halogens is 2. The van der Waals surface area contributed by atoms with E-state index in [9.17, 15) is 0 Å². The van der Waals surface area contributed by atoms with E-state index in [1.165, 1.54) is 0 Å². The lowest BCUT2D eigenvalue weighted by atomic mass is 10.2. The molecule has 23 heavy (non-hydrogen) atoms. The molecule has 1 unspecified atom stereocenters. The molecule has 0 aliphatic rings. The van der Waals surface area contributed by atoms with Gasteiger partial charge in [0.25, 0.3) is 0 Å². The van der Waals surface area contributed by atoms with Crippen molar-refractivity contribution >= 4 is 28.9 Å². The first-order valence-corrected chi connectivity index (χ1v) is 8.32. The molecular weight excluding hydrogens is 333 g/mol. The summed E-state index contributed by atoms with van der Waals surface area (Å²) in [7, 11) is 0. The van der Waals surface area contributed by atoms with Crippen LogP contribution in [0.15, 0.2) is 42.5 Å². The van der Waals surface area contributed by atoms with Gasteiger partial charge in [-0.25, -0.2) is 0 Å². The highest BCUT2D eigenvalue weighted by Gasteiger charge is 2.08. The zero-order chi connectivity index (χ0) is 16.8. The average Bonchev–Trinajstić information content (AvgIpc) is 2.48. The van der Waals surface area contributed by atoms with Gasteiger partial charge in [0.1, 0.15) is 17.6 Å². The van der Waals surface area contributed by atoms with E-state index in [-0.39, 0.29) is 12.2 Å². The summed E-state index contributed by atoms with van der Waals surface area (Å²) in [5.41, 5.74) is 0.987. The van der Waals surface area contributed by atoms with Crippen LogP contribution in [0.4, 0.5) is 5.69 Å². The molecule has 124 valence electrons. The van der Waals surface area contributed by atoms with E-state index >= 15 is 0 Å². The first kappa shape index (κ1) is 17.8. The molecule has 0 fully saturated rings. The number of hydrogen-bond acceptors (Lipinski definition) is 3. The van der Waals surface area contributed by atoms with Crippen LogP contribution < -0.4 is 14.8 Å². The quantitative estimate of drug-likeness (QED) is 0.696. The molecule has 2 aromatic rings. The lowest BCUT2D eigenvalue weighted by Crippen LogP contribution is -2.22. The van der Waals surface area contributed by atoms with E-state index in [0.29, 0.717) is 22.3 Å². The molecule has 1 atom stereocenters. The van der Waals surface area contributed by atoms with Crippen molar-refractivity contribution in [3.05, 3.63) is 52.5 Å². The van der Waals surface area contributed by atoms with Crippen LogP contribution in [0.5, 0.6) is 11.5 Å². The molecule has 0 aliphatic carbocycles. The molecule has 2 rings (SSSR count). The van der Waals surface area contributed by atoms with Crippen LogP contribution in [0.1, 0.15) is 20.8 Å². The summed E-state index contributed by atoms with van der Waals surface area (Å²) in [6.45, 7) is 6.63. The number of ether oxygens (including phenoxy) is 2. The fourth-order valence-corrected chi connectivity index (χ4v) is 2.50. The molecule has 0 saturated heterocycles. The first-order chi connectivity index (χ1) is 10.9. The highest BCUT2D eigenvalue weighted by atomic mass is 35.5. The van der Waals surface area contributed by atoms with Crippen LogP contribution >= 0.6 is 23.2 Å². The third-order valence-corrected chi connectivity index (χ3v) is 3.55. The van der Waals surface area contributed by atoms with Crippen LogP contribution in [0.2, 0.25) is 10.0 Å². The van der Waals surface area contributed by atoms with Crippen molar-refractivity contribution < 1.29 is 9.47 Å². The minimum atomic E-state index is -0.0525. The first-order valence-electron chi connectivity index (χ1n) is 7.56. The van der Waals surface area contributed by atoms with E-state index in [1.54, 1.807) is 18.2 Å². The molecule has 0 heterocycles. The predicted molar refractivity (Wildman–Crippen MR) is 97.2 cm³/mol. The highest BCUT2D eigenvalue weighted by molar-refractivity contribution is 6.35. The molecule has 0 saturated carbocycles. The van der Waals surface area contributed by atoms with Crippen LogP contribution in [0.3, 0.4) is 0 Å². The molecule has 0 bridgehead atoms. The van der Waals surface area contributed by atoms with Crippen molar-refractivity contribution in [1.82, 2.24) is 0 Å². The van der Waals surface area contributed by atoms with Gasteiger partial charge >= 0.3 is 0 Å². The molecule has 5 heteroatoms. The van der Waals surface area contributed by atoms with E-state index in [1.807, 2.05) is 45.0 Å². The Labute approximate surface area is 147 Å². The maximum atomic E-state index is 6.11. The number of anilines is 1. The van der Waals surface area contributed by atoms with Gasteiger partial charge in [0.05, 0.1) is 17.7 Å².